The topological polar surface area (TPSA) is 75.5 Å². The van der Waals surface area contributed by atoms with Crippen LogP contribution in [0.3, 0.4) is 0 Å². The molecule has 1 aromatic carbocycles. The Kier molecular flexibility index (Phi) is 7.34. The monoisotopic (exact) mass is 508 g/mol. The van der Waals surface area contributed by atoms with Crippen LogP contribution in [0.1, 0.15) is 17.0 Å². The number of carbonyl (C=O) groups is 1. The zero-order valence-electron chi connectivity index (χ0n) is 18.9. The smallest absolute Gasteiger partial charge is 0.435 e. The number of ether oxygens (including phenoxy) is 1. The van der Waals surface area contributed by atoms with Crippen LogP contribution >= 0.6 is 11.6 Å². The van der Waals surface area contributed by atoms with Crippen molar-refractivity contribution >= 4 is 23.4 Å². The molecule has 1 N–H and O–H groups in total. The zero-order chi connectivity index (χ0) is 25.0. The Morgan fingerprint density at radius 3 is 2.49 bits per heavy atom. The van der Waals surface area contributed by atoms with Gasteiger partial charge in [-0.1, -0.05) is 23.7 Å². The van der Waals surface area contributed by atoms with Crippen molar-refractivity contribution in [3.05, 3.63) is 70.6 Å². The van der Waals surface area contributed by atoms with E-state index in [-0.39, 0.29) is 24.8 Å². The third-order valence-electron chi connectivity index (χ3n) is 5.67. The summed E-state index contributed by atoms with van der Waals surface area (Å²) in [5.74, 6) is 1.31. The summed E-state index contributed by atoms with van der Waals surface area (Å²) < 4.78 is 46.3. The second-order valence-corrected chi connectivity index (χ2v) is 8.37. The standard InChI is InChI=1S/C23H24ClF3N6O2/c1-35-18-6-4-16(5-7-18)15-33-17(13-20(30-33)23(25,26)27)14-29-22(34)32-11-9-31(10-12-32)21-19(24)3-2-8-28-21/h2-8,13H,9-12,14-15H2,1H3,(H,29,34). The van der Waals surface area contributed by atoms with Crippen LogP contribution in [0.4, 0.5) is 23.8 Å². The maximum atomic E-state index is 13.3. The fourth-order valence-electron chi connectivity index (χ4n) is 3.79. The number of nitrogens with one attached hydrogen (secondary N) is 1. The van der Waals surface area contributed by atoms with Gasteiger partial charge in [0, 0.05) is 32.4 Å². The highest BCUT2D eigenvalue weighted by molar-refractivity contribution is 6.32. The highest BCUT2D eigenvalue weighted by atomic mass is 35.5. The number of benzene rings is 1. The number of piperazine rings is 1. The maximum Gasteiger partial charge on any atom is 0.435 e. The fraction of sp³-hybridized carbons (Fsp3) is 0.348. The van der Waals surface area contributed by atoms with Crippen LogP contribution in [0.2, 0.25) is 5.02 Å². The Morgan fingerprint density at radius 2 is 1.86 bits per heavy atom. The highest BCUT2D eigenvalue weighted by Crippen LogP contribution is 2.29. The molecule has 4 rings (SSSR count). The van der Waals surface area contributed by atoms with Crippen LogP contribution in [-0.4, -0.2) is 59.0 Å². The molecule has 0 saturated carbocycles. The number of urea groups is 1. The average Bonchev–Trinajstić information content (AvgIpc) is 3.26. The molecule has 0 bridgehead atoms. The lowest BCUT2D eigenvalue weighted by Gasteiger charge is -2.35. The lowest BCUT2D eigenvalue weighted by atomic mass is 10.2. The van der Waals surface area contributed by atoms with Gasteiger partial charge in [0.25, 0.3) is 0 Å². The Hall–Kier alpha value is -3.47. The third-order valence-corrected chi connectivity index (χ3v) is 5.97. The van der Waals surface area contributed by atoms with Gasteiger partial charge in [0.1, 0.15) is 11.6 Å². The number of pyridine rings is 1. The molecule has 0 unspecified atom stereocenters. The number of alkyl halides is 3. The summed E-state index contributed by atoms with van der Waals surface area (Å²) in [5.41, 5.74) is -0.00369. The first-order valence-electron chi connectivity index (χ1n) is 10.9. The van der Waals surface area contributed by atoms with Crippen molar-refractivity contribution in [3.8, 4) is 5.75 Å². The summed E-state index contributed by atoms with van der Waals surface area (Å²) in [5, 5.41) is 6.99. The number of amides is 2. The van der Waals surface area contributed by atoms with E-state index in [9.17, 15) is 18.0 Å². The number of hydrogen-bond donors (Lipinski definition) is 1. The fourth-order valence-corrected chi connectivity index (χ4v) is 4.03. The van der Waals surface area contributed by atoms with Gasteiger partial charge in [-0.25, -0.2) is 9.78 Å². The third kappa shape index (κ3) is 5.97. The molecule has 186 valence electrons. The number of anilines is 1. The minimum atomic E-state index is -4.59. The quantitative estimate of drug-likeness (QED) is 0.544. The van der Waals surface area contributed by atoms with Gasteiger partial charge in [-0.05, 0) is 35.9 Å². The van der Waals surface area contributed by atoms with E-state index in [1.54, 1.807) is 47.5 Å². The van der Waals surface area contributed by atoms with Crippen molar-refractivity contribution in [2.45, 2.75) is 19.3 Å². The lowest BCUT2D eigenvalue weighted by molar-refractivity contribution is -0.141. The zero-order valence-corrected chi connectivity index (χ0v) is 19.7. The molecule has 8 nitrogen and oxygen atoms in total. The number of carbonyl (C=O) groups excluding carboxylic acids is 1. The summed E-state index contributed by atoms with van der Waals surface area (Å²) >= 11 is 6.20. The first-order valence-corrected chi connectivity index (χ1v) is 11.3. The van der Waals surface area contributed by atoms with Crippen LogP contribution in [0.5, 0.6) is 5.75 Å². The van der Waals surface area contributed by atoms with E-state index < -0.39 is 11.9 Å². The van der Waals surface area contributed by atoms with Gasteiger partial charge < -0.3 is 19.9 Å². The van der Waals surface area contributed by atoms with Crippen molar-refractivity contribution < 1.29 is 22.7 Å². The van der Waals surface area contributed by atoms with Crippen LogP contribution < -0.4 is 15.0 Å². The number of rotatable bonds is 6. The molecule has 35 heavy (non-hydrogen) atoms. The van der Waals surface area contributed by atoms with Crippen LogP contribution in [0.25, 0.3) is 0 Å². The highest BCUT2D eigenvalue weighted by Gasteiger charge is 2.35. The Labute approximate surface area is 205 Å². The van der Waals surface area contributed by atoms with E-state index >= 15 is 0 Å². The van der Waals surface area contributed by atoms with Gasteiger partial charge >= 0.3 is 12.2 Å². The Bertz CT molecular complexity index is 1160. The number of methoxy groups -OCH3 is 1. The minimum Gasteiger partial charge on any atom is -0.497 e. The van der Waals surface area contributed by atoms with Gasteiger partial charge in [0.2, 0.25) is 0 Å². The molecule has 2 amide bonds. The average molecular weight is 509 g/mol. The molecule has 0 aliphatic carbocycles. The summed E-state index contributed by atoms with van der Waals surface area (Å²) in [6, 6.07) is 11.1. The molecular formula is C23H24ClF3N6O2. The largest absolute Gasteiger partial charge is 0.497 e. The molecule has 0 radical (unpaired) electrons. The summed E-state index contributed by atoms with van der Waals surface area (Å²) in [6.45, 7) is 1.96. The van der Waals surface area contributed by atoms with E-state index in [0.717, 1.165) is 11.6 Å². The van der Waals surface area contributed by atoms with Crippen molar-refractivity contribution in [1.82, 2.24) is 25.0 Å². The SMILES string of the molecule is COc1ccc(Cn2nc(C(F)(F)F)cc2CNC(=O)N2CCN(c3ncccc3Cl)CC2)cc1. The molecule has 1 saturated heterocycles. The molecule has 1 aliphatic rings. The predicted molar refractivity (Wildman–Crippen MR) is 125 cm³/mol. The van der Waals surface area contributed by atoms with E-state index in [2.05, 4.69) is 15.4 Å². The molecule has 1 aliphatic heterocycles. The molecule has 0 spiro atoms. The number of nitrogens with zero attached hydrogens (tertiary/aromatic N) is 5. The second kappa shape index (κ2) is 10.4. The minimum absolute atomic E-state index is 0.0929. The first-order chi connectivity index (χ1) is 16.7. The second-order valence-electron chi connectivity index (χ2n) is 7.97. The number of halogens is 4. The van der Waals surface area contributed by atoms with Gasteiger partial charge in [-0.15, -0.1) is 0 Å². The van der Waals surface area contributed by atoms with Gasteiger partial charge in [-0.2, -0.15) is 18.3 Å². The van der Waals surface area contributed by atoms with E-state index in [1.165, 1.54) is 11.8 Å². The van der Waals surface area contributed by atoms with Crippen molar-refractivity contribution in [2.75, 3.05) is 38.2 Å². The summed E-state index contributed by atoms with van der Waals surface area (Å²) in [7, 11) is 1.53. The van der Waals surface area contributed by atoms with E-state index in [4.69, 9.17) is 16.3 Å². The summed E-state index contributed by atoms with van der Waals surface area (Å²) in [4.78, 5) is 20.6. The first kappa shape index (κ1) is 24.6. The Morgan fingerprint density at radius 1 is 1.14 bits per heavy atom. The van der Waals surface area contributed by atoms with Crippen LogP contribution in [-0.2, 0) is 19.3 Å². The Balaban J connectivity index is 1.39. The molecule has 2 aromatic heterocycles. The number of hydrogen-bond acceptors (Lipinski definition) is 5. The van der Waals surface area contributed by atoms with Gasteiger partial charge in [0.15, 0.2) is 5.69 Å². The molecule has 3 aromatic rings. The maximum absolute atomic E-state index is 13.3. The lowest BCUT2D eigenvalue weighted by Crippen LogP contribution is -2.52. The molecule has 0 atom stereocenters. The normalized spacial score (nSPS) is 14.2. The van der Waals surface area contributed by atoms with Crippen molar-refractivity contribution in [2.24, 2.45) is 0 Å². The molecule has 12 heteroatoms. The van der Waals surface area contributed by atoms with Crippen molar-refractivity contribution in [3.63, 3.8) is 0 Å². The van der Waals surface area contributed by atoms with Gasteiger partial charge in [-0.3, -0.25) is 4.68 Å². The van der Waals surface area contributed by atoms with Crippen LogP contribution in [0, 0.1) is 0 Å². The summed E-state index contributed by atoms with van der Waals surface area (Å²) in [6.07, 6.45) is -2.93. The predicted octanol–water partition coefficient (Wildman–Crippen LogP) is 4.04. The number of aromatic nitrogens is 3. The molecule has 3 heterocycles. The van der Waals surface area contributed by atoms with Gasteiger partial charge in [0.05, 0.1) is 30.9 Å². The van der Waals surface area contributed by atoms with Crippen molar-refractivity contribution in [1.29, 1.82) is 0 Å². The van der Waals surface area contributed by atoms with E-state index in [1.807, 2.05) is 4.90 Å². The molecule has 1 fully saturated rings. The molecular weight excluding hydrogens is 485 g/mol. The van der Waals surface area contributed by atoms with E-state index in [0.29, 0.717) is 42.8 Å². The van der Waals surface area contributed by atoms with Crippen LogP contribution in [0.15, 0.2) is 48.7 Å².